The molecule has 0 heterocycles. The van der Waals surface area contributed by atoms with Gasteiger partial charge in [-0.25, -0.2) is 0 Å². The Kier molecular flexibility index (Phi) is 54.7. The molecule has 0 saturated carbocycles. The van der Waals surface area contributed by atoms with E-state index in [1.165, 1.54) is 250 Å². The number of unbranched alkanes of at least 4 members (excludes halogenated alkanes) is 45. The van der Waals surface area contributed by atoms with Crippen LogP contribution in [0.1, 0.15) is 348 Å². The van der Waals surface area contributed by atoms with Crippen LogP contribution >= 0.6 is 0 Å². The summed E-state index contributed by atoms with van der Waals surface area (Å²) in [6.07, 6.45) is 62.4. The van der Waals surface area contributed by atoms with Crippen molar-refractivity contribution in [3.05, 3.63) is 0 Å². The fourth-order valence-electron chi connectivity index (χ4n) is 9.33. The van der Waals surface area contributed by atoms with Gasteiger partial charge < -0.3 is 14.2 Å². The lowest BCUT2D eigenvalue weighted by molar-refractivity contribution is -0.167. The lowest BCUT2D eigenvalue weighted by Gasteiger charge is -2.18. The predicted molar refractivity (Wildman–Crippen MR) is 284 cm³/mol. The van der Waals surface area contributed by atoms with Gasteiger partial charge in [-0.1, -0.05) is 310 Å². The quantitative estimate of drug-likeness (QED) is 0.0343. The molecule has 0 radical (unpaired) electrons. The first-order valence-corrected chi connectivity index (χ1v) is 30.0. The van der Waals surface area contributed by atoms with E-state index in [1.807, 2.05) is 0 Å². The highest BCUT2D eigenvalue weighted by Crippen LogP contribution is 2.18. The number of esters is 3. The zero-order valence-corrected chi connectivity index (χ0v) is 45.0. The van der Waals surface area contributed by atoms with Crippen molar-refractivity contribution in [3.63, 3.8) is 0 Å². The van der Waals surface area contributed by atoms with Crippen molar-refractivity contribution in [2.45, 2.75) is 354 Å². The van der Waals surface area contributed by atoms with Crippen molar-refractivity contribution in [1.29, 1.82) is 0 Å². The molecule has 0 saturated heterocycles. The summed E-state index contributed by atoms with van der Waals surface area (Å²) in [5, 5.41) is 0. The van der Waals surface area contributed by atoms with Crippen molar-refractivity contribution < 1.29 is 28.6 Å². The normalized spacial score (nSPS) is 11.9. The Labute approximate surface area is 412 Å². The fourth-order valence-corrected chi connectivity index (χ4v) is 9.33. The molecule has 0 aromatic carbocycles. The van der Waals surface area contributed by atoms with Crippen LogP contribution in [0.4, 0.5) is 0 Å². The number of hydrogen-bond donors (Lipinski definition) is 0. The van der Waals surface area contributed by atoms with E-state index in [1.54, 1.807) is 0 Å². The number of carbonyl (C=O) groups is 3. The molecule has 0 aliphatic heterocycles. The van der Waals surface area contributed by atoms with Crippen molar-refractivity contribution in [3.8, 4) is 0 Å². The minimum atomic E-state index is -0.761. The van der Waals surface area contributed by atoms with Gasteiger partial charge in [-0.15, -0.1) is 0 Å². The smallest absolute Gasteiger partial charge is 0.306 e. The predicted octanol–water partition coefficient (Wildman–Crippen LogP) is 19.9. The molecular weight excluding hydrogens is 817 g/mol. The summed E-state index contributed by atoms with van der Waals surface area (Å²) in [4.78, 5) is 38.2. The average Bonchev–Trinajstić information content (AvgIpc) is 3.31. The first-order chi connectivity index (χ1) is 32.5. The zero-order valence-electron chi connectivity index (χ0n) is 45.0. The second-order valence-corrected chi connectivity index (χ2v) is 20.6. The van der Waals surface area contributed by atoms with Crippen molar-refractivity contribution in [2.75, 3.05) is 13.2 Å². The molecule has 0 amide bonds. The monoisotopic (exact) mass is 933 g/mol. The fraction of sp³-hybridized carbons (Fsp3) is 0.950. The SMILES string of the molecule is CCCCCCCCCCCCCCCCCCCCCC(=O)OC[C@@H](COC(=O)CCCCCCCCCCCCCCCCCC)OC(=O)CCCCCCCCCCCCCCC. The summed E-state index contributed by atoms with van der Waals surface area (Å²) in [7, 11) is 0. The van der Waals surface area contributed by atoms with Crippen LogP contribution in [-0.4, -0.2) is 37.2 Å². The van der Waals surface area contributed by atoms with E-state index in [2.05, 4.69) is 20.8 Å². The van der Waals surface area contributed by atoms with Crippen LogP contribution in [0.5, 0.6) is 0 Å². The van der Waals surface area contributed by atoms with Gasteiger partial charge in [0.25, 0.3) is 0 Å². The topological polar surface area (TPSA) is 78.9 Å². The highest BCUT2D eigenvalue weighted by atomic mass is 16.6. The first kappa shape index (κ1) is 64.4. The number of ether oxygens (including phenoxy) is 3. The van der Waals surface area contributed by atoms with Crippen molar-refractivity contribution >= 4 is 17.9 Å². The Bertz CT molecular complexity index is 982. The van der Waals surface area contributed by atoms with Crippen LogP contribution in [-0.2, 0) is 28.6 Å². The maximum absolute atomic E-state index is 12.8. The van der Waals surface area contributed by atoms with Gasteiger partial charge in [0, 0.05) is 19.3 Å². The Hall–Kier alpha value is -1.59. The minimum Gasteiger partial charge on any atom is -0.462 e. The zero-order chi connectivity index (χ0) is 47.9. The molecule has 0 rings (SSSR count). The number of hydrogen-bond acceptors (Lipinski definition) is 6. The first-order valence-electron chi connectivity index (χ1n) is 30.0. The van der Waals surface area contributed by atoms with Crippen LogP contribution in [0.2, 0.25) is 0 Å². The second-order valence-electron chi connectivity index (χ2n) is 20.6. The molecule has 6 nitrogen and oxygen atoms in total. The summed E-state index contributed by atoms with van der Waals surface area (Å²) < 4.78 is 16.9. The summed E-state index contributed by atoms with van der Waals surface area (Å²) >= 11 is 0. The Morgan fingerprint density at radius 1 is 0.242 bits per heavy atom. The highest BCUT2D eigenvalue weighted by Gasteiger charge is 2.19. The molecule has 0 bridgehead atoms. The van der Waals surface area contributed by atoms with E-state index >= 15 is 0 Å². The van der Waals surface area contributed by atoms with Gasteiger partial charge in [0.2, 0.25) is 0 Å². The molecule has 0 spiro atoms. The van der Waals surface area contributed by atoms with Gasteiger partial charge in [0.05, 0.1) is 0 Å². The largest absolute Gasteiger partial charge is 0.462 e. The molecule has 392 valence electrons. The van der Waals surface area contributed by atoms with E-state index in [9.17, 15) is 14.4 Å². The van der Waals surface area contributed by atoms with Gasteiger partial charge in [-0.3, -0.25) is 14.4 Å². The highest BCUT2D eigenvalue weighted by molar-refractivity contribution is 5.71. The Morgan fingerprint density at radius 2 is 0.409 bits per heavy atom. The molecular formula is C60H116O6. The van der Waals surface area contributed by atoms with Gasteiger partial charge in [0.1, 0.15) is 13.2 Å². The third-order valence-corrected chi connectivity index (χ3v) is 13.9. The van der Waals surface area contributed by atoms with Gasteiger partial charge in [-0.2, -0.15) is 0 Å². The molecule has 0 unspecified atom stereocenters. The van der Waals surface area contributed by atoms with E-state index < -0.39 is 6.10 Å². The number of carbonyl (C=O) groups excluding carboxylic acids is 3. The molecule has 0 aromatic heterocycles. The molecule has 1 atom stereocenters. The molecule has 66 heavy (non-hydrogen) atoms. The van der Waals surface area contributed by atoms with Crippen molar-refractivity contribution in [2.24, 2.45) is 0 Å². The van der Waals surface area contributed by atoms with Crippen LogP contribution in [0.25, 0.3) is 0 Å². The lowest BCUT2D eigenvalue weighted by Crippen LogP contribution is -2.30. The molecule has 0 N–H and O–H groups in total. The maximum Gasteiger partial charge on any atom is 0.306 e. The van der Waals surface area contributed by atoms with Gasteiger partial charge in [0.15, 0.2) is 6.10 Å². The third kappa shape index (κ3) is 53.4. The van der Waals surface area contributed by atoms with E-state index in [0.29, 0.717) is 19.3 Å². The second kappa shape index (κ2) is 56.0. The third-order valence-electron chi connectivity index (χ3n) is 13.9. The molecule has 6 heteroatoms. The molecule has 0 aliphatic rings. The van der Waals surface area contributed by atoms with Gasteiger partial charge in [-0.05, 0) is 19.3 Å². The van der Waals surface area contributed by atoms with Crippen LogP contribution in [0, 0.1) is 0 Å². The van der Waals surface area contributed by atoms with E-state index in [4.69, 9.17) is 14.2 Å². The summed E-state index contributed by atoms with van der Waals surface area (Å²) in [6, 6.07) is 0. The van der Waals surface area contributed by atoms with E-state index in [-0.39, 0.29) is 31.1 Å². The summed E-state index contributed by atoms with van der Waals surface area (Å²) in [5.41, 5.74) is 0. The molecule has 0 aromatic rings. The van der Waals surface area contributed by atoms with Crippen LogP contribution < -0.4 is 0 Å². The van der Waals surface area contributed by atoms with Crippen LogP contribution in [0.15, 0.2) is 0 Å². The average molecular weight is 934 g/mol. The minimum absolute atomic E-state index is 0.0609. The Balaban J connectivity index is 4.25. The summed E-state index contributed by atoms with van der Waals surface area (Å²) in [6.45, 7) is 6.71. The molecule has 0 aliphatic carbocycles. The lowest BCUT2D eigenvalue weighted by atomic mass is 10.0. The standard InChI is InChI=1S/C60H116O6/c1-4-7-10-13-16-19-22-25-27-29-30-31-33-36-38-41-44-47-50-53-59(62)65-56-57(66-60(63)54-51-48-45-42-39-34-24-21-18-15-12-9-6-3)55-64-58(61)52-49-46-43-40-37-35-32-28-26-23-20-17-14-11-8-5-2/h57H,4-56H2,1-3H3/t57-/m1/s1. The van der Waals surface area contributed by atoms with Crippen molar-refractivity contribution in [1.82, 2.24) is 0 Å². The number of rotatable bonds is 56. The molecule has 0 fully saturated rings. The maximum atomic E-state index is 12.8. The van der Waals surface area contributed by atoms with Crippen LogP contribution in [0.3, 0.4) is 0 Å². The summed E-state index contributed by atoms with van der Waals surface area (Å²) in [5.74, 6) is -0.830. The Morgan fingerprint density at radius 3 is 0.606 bits per heavy atom. The van der Waals surface area contributed by atoms with E-state index in [0.717, 1.165) is 57.8 Å². The van der Waals surface area contributed by atoms with Gasteiger partial charge >= 0.3 is 17.9 Å².